The van der Waals surface area contributed by atoms with Crippen molar-refractivity contribution in [2.45, 2.75) is 75.5 Å². The molecule has 3 aliphatic heterocycles. The van der Waals surface area contributed by atoms with Gasteiger partial charge >= 0.3 is 11.9 Å². The molecule has 40 heavy (non-hydrogen) atoms. The highest BCUT2D eigenvalue weighted by molar-refractivity contribution is 5.86. The van der Waals surface area contributed by atoms with Crippen LogP contribution >= 0.6 is 0 Å². The second-order valence-corrected chi connectivity index (χ2v) is 11.5. The van der Waals surface area contributed by atoms with Crippen molar-refractivity contribution in [1.82, 2.24) is 0 Å². The molecule has 6 rings (SSSR count). The largest absolute Gasteiger partial charge is 0.459 e. The number of rotatable bonds is 8. The van der Waals surface area contributed by atoms with E-state index in [2.05, 4.69) is 0 Å². The van der Waals surface area contributed by atoms with Crippen molar-refractivity contribution < 1.29 is 28.3 Å². The molecule has 0 N–H and O–H groups in total. The molecule has 0 saturated carbocycles. The molecule has 0 aliphatic carbocycles. The van der Waals surface area contributed by atoms with Crippen LogP contribution in [0.25, 0.3) is 0 Å². The van der Waals surface area contributed by atoms with Crippen molar-refractivity contribution in [2.75, 3.05) is 13.1 Å². The van der Waals surface area contributed by atoms with Crippen molar-refractivity contribution in [3.05, 3.63) is 108 Å². The van der Waals surface area contributed by atoms with Crippen LogP contribution in [-0.2, 0) is 29.4 Å². The minimum Gasteiger partial charge on any atom is -0.459 e. The Labute approximate surface area is 236 Å². The van der Waals surface area contributed by atoms with Gasteiger partial charge in [-0.2, -0.15) is 0 Å². The Morgan fingerprint density at radius 1 is 0.775 bits per heavy atom. The number of hydrogen-bond acceptors (Lipinski definition) is 5. The average molecular weight is 541 g/mol. The average Bonchev–Trinajstić information content (AvgIpc) is 3.53. The third-order valence-electron chi connectivity index (χ3n) is 9.31. The van der Waals surface area contributed by atoms with Gasteiger partial charge in [-0.25, -0.2) is 4.79 Å². The van der Waals surface area contributed by atoms with Crippen molar-refractivity contribution in [1.29, 1.82) is 0 Å². The number of carbonyl (C=O) groups excluding carboxylic acids is 2. The molecule has 3 atom stereocenters. The van der Waals surface area contributed by atoms with Gasteiger partial charge < -0.3 is 18.7 Å². The number of benzene rings is 3. The molecule has 3 unspecified atom stereocenters. The van der Waals surface area contributed by atoms with Gasteiger partial charge in [0.15, 0.2) is 0 Å². The lowest BCUT2D eigenvalue weighted by Crippen LogP contribution is -2.60. The number of quaternary nitrogens is 1. The normalized spacial score (nSPS) is 24.0. The first-order valence-electron chi connectivity index (χ1n) is 14.6. The monoisotopic (exact) mass is 540 g/mol. The van der Waals surface area contributed by atoms with E-state index in [0.717, 1.165) is 12.8 Å². The molecule has 0 radical (unpaired) electrons. The topological polar surface area (TPSA) is 61.8 Å². The summed E-state index contributed by atoms with van der Waals surface area (Å²) >= 11 is 0. The minimum atomic E-state index is -1.64. The number of carbonyl (C=O) groups is 2. The Balaban J connectivity index is 1.39. The maximum absolute atomic E-state index is 14.6. The molecular weight excluding hydrogens is 502 g/mol. The maximum Gasteiger partial charge on any atom is 0.348 e. The molecule has 3 aromatic rings. The summed E-state index contributed by atoms with van der Waals surface area (Å²) in [4.78, 5) is 26.9. The van der Waals surface area contributed by atoms with Crippen LogP contribution < -0.4 is 0 Å². The molecule has 1 spiro atoms. The molecule has 3 saturated heterocycles. The minimum absolute atomic E-state index is 0.173. The molecule has 3 aromatic carbocycles. The zero-order chi connectivity index (χ0) is 27.6. The molecule has 0 aromatic heterocycles. The van der Waals surface area contributed by atoms with Gasteiger partial charge in [-0.3, -0.25) is 4.79 Å². The van der Waals surface area contributed by atoms with E-state index < -0.39 is 23.8 Å². The second kappa shape index (κ2) is 11.2. The fourth-order valence-electron chi connectivity index (χ4n) is 7.55. The van der Waals surface area contributed by atoms with Gasteiger partial charge in [-0.1, -0.05) is 91.0 Å². The summed E-state index contributed by atoms with van der Waals surface area (Å²) in [5, 5.41) is 0. The van der Waals surface area contributed by atoms with Crippen LogP contribution in [0, 0.1) is 0 Å². The Hall–Kier alpha value is -3.48. The van der Waals surface area contributed by atoms with Crippen LogP contribution in [0.15, 0.2) is 91.0 Å². The van der Waals surface area contributed by atoms with Crippen molar-refractivity contribution in [3.8, 4) is 0 Å². The number of hydrogen-bond donors (Lipinski definition) is 0. The number of nitrogens with zero attached hydrogens (tertiary/aromatic N) is 1. The molecule has 3 aliphatic rings. The summed E-state index contributed by atoms with van der Waals surface area (Å²) in [6, 6.07) is 29.2. The van der Waals surface area contributed by atoms with Crippen molar-refractivity contribution >= 4 is 11.9 Å². The van der Waals surface area contributed by atoms with E-state index >= 15 is 0 Å². The third kappa shape index (κ3) is 4.84. The van der Waals surface area contributed by atoms with E-state index in [-0.39, 0.29) is 6.10 Å². The lowest BCUT2D eigenvalue weighted by Gasteiger charge is -2.47. The number of piperidine rings is 1. The van der Waals surface area contributed by atoms with Crippen LogP contribution in [0.5, 0.6) is 0 Å². The van der Waals surface area contributed by atoms with Gasteiger partial charge in [-0.15, -0.1) is 0 Å². The van der Waals surface area contributed by atoms with Gasteiger partial charge in [0.1, 0.15) is 6.10 Å². The van der Waals surface area contributed by atoms with Gasteiger partial charge in [0.05, 0.1) is 25.2 Å². The zero-order valence-electron chi connectivity index (χ0n) is 23.1. The molecule has 6 nitrogen and oxygen atoms in total. The van der Waals surface area contributed by atoms with Gasteiger partial charge in [0.2, 0.25) is 11.9 Å². The van der Waals surface area contributed by atoms with Crippen molar-refractivity contribution in [2.24, 2.45) is 0 Å². The Kier molecular flexibility index (Phi) is 7.47. The first kappa shape index (κ1) is 26.7. The summed E-state index contributed by atoms with van der Waals surface area (Å²) in [5.74, 6) is -0.974. The van der Waals surface area contributed by atoms with Crippen molar-refractivity contribution in [3.63, 3.8) is 0 Å². The van der Waals surface area contributed by atoms with E-state index in [1.54, 1.807) is 0 Å². The van der Waals surface area contributed by atoms with Gasteiger partial charge in [0, 0.05) is 51.0 Å². The van der Waals surface area contributed by atoms with E-state index in [1.807, 2.05) is 91.0 Å². The second-order valence-electron chi connectivity index (χ2n) is 11.5. The summed E-state index contributed by atoms with van der Waals surface area (Å²) in [5.41, 5.74) is 0.245. The van der Waals surface area contributed by atoms with Gasteiger partial charge in [-0.05, 0) is 11.1 Å². The fourth-order valence-corrected chi connectivity index (χ4v) is 7.55. The van der Waals surface area contributed by atoms with E-state index in [9.17, 15) is 9.59 Å². The van der Waals surface area contributed by atoms with Crippen LogP contribution in [0.2, 0.25) is 0 Å². The van der Waals surface area contributed by atoms with E-state index in [1.165, 1.54) is 50.2 Å². The number of ether oxygens (including phenoxy) is 3. The van der Waals surface area contributed by atoms with E-state index in [4.69, 9.17) is 14.2 Å². The SMILES string of the molecule is CC(=O)OC(OC(C(=O)OC1CC2CCC(C1)[N+]21CCCC1)(c1ccccc1)c1ccccc1)c1ccccc1. The quantitative estimate of drug-likeness (QED) is 0.198. The van der Waals surface area contributed by atoms with Crippen LogP contribution in [0.4, 0.5) is 0 Å². The zero-order valence-corrected chi connectivity index (χ0v) is 23.1. The lowest BCUT2D eigenvalue weighted by molar-refractivity contribution is -0.956. The standard InChI is InChI=1S/C34H38NO5/c1-25(36)38-32(26-13-5-2-6-14-26)40-34(27-15-7-3-8-16-27,28-17-9-4-10-18-28)33(37)39-31-23-29-19-20-30(24-31)35(29)21-11-12-22-35/h2-10,13-18,29-32H,11-12,19-24H2,1H3/q+1. The predicted molar refractivity (Wildman–Crippen MR) is 151 cm³/mol. The van der Waals surface area contributed by atoms with Crippen LogP contribution in [0.3, 0.4) is 0 Å². The third-order valence-corrected chi connectivity index (χ3v) is 9.31. The molecule has 3 fully saturated rings. The smallest absolute Gasteiger partial charge is 0.348 e. The summed E-state index contributed by atoms with van der Waals surface area (Å²) in [7, 11) is 0. The predicted octanol–water partition coefficient (Wildman–Crippen LogP) is 6.06. The summed E-state index contributed by atoms with van der Waals surface area (Å²) in [6.07, 6.45) is 5.49. The Bertz CT molecular complexity index is 1250. The van der Waals surface area contributed by atoms with Gasteiger partial charge in [0.25, 0.3) is 0 Å². The molecular formula is C34H38NO5+. The first-order chi connectivity index (χ1) is 19.5. The Morgan fingerprint density at radius 3 is 1.77 bits per heavy atom. The molecule has 6 heteroatoms. The molecule has 0 amide bonds. The summed E-state index contributed by atoms with van der Waals surface area (Å²) in [6.45, 7) is 3.87. The van der Waals surface area contributed by atoms with E-state index in [0.29, 0.717) is 28.8 Å². The lowest BCUT2D eigenvalue weighted by atomic mass is 9.85. The van der Waals surface area contributed by atoms with Crippen LogP contribution in [0.1, 0.15) is 68.4 Å². The Morgan fingerprint density at radius 2 is 1.27 bits per heavy atom. The molecule has 208 valence electrons. The highest BCUT2D eigenvalue weighted by atomic mass is 16.7. The number of esters is 2. The molecule has 3 heterocycles. The highest BCUT2D eigenvalue weighted by Gasteiger charge is 2.57. The summed E-state index contributed by atoms with van der Waals surface area (Å²) < 4.78 is 20.2. The molecule has 2 bridgehead atoms. The van der Waals surface area contributed by atoms with Crippen LogP contribution in [-0.4, -0.2) is 47.7 Å². The first-order valence-corrected chi connectivity index (χ1v) is 14.6. The maximum atomic E-state index is 14.6. The fraction of sp³-hybridized carbons (Fsp3) is 0.412. The highest BCUT2D eigenvalue weighted by Crippen LogP contribution is 2.47.